The standard InChI is InChI=1S/C21H24N4O2/c22-14-16(21(26)27-15-8-2-1-3-9-15)19-20(25-12-6-7-13-25)24-18-11-5-4-10-17(18)23-19/h4-5,10-11,15-16H,1-3,6-9,12-13H2/t16-/m1/s1. The molecule has 1 saturated heterocycles. The molecule has 2 aromatic rings. The van der Waals surface area contributed by atoms with Gasteiger partial charge in [-0.25, -0.2) is 9.97 Å². The van der Waals surface area contributed by atoms with Gasteiger partial charge in [-0.15, -0.1) is 0 Å². The Balaban J connectivity index is 1.69. The van der Waals surface area contributed by atoms with Gasteiger partial charge in [-0.2, -0.15) is 5.26 Å². The summed E-state index contributed by atoms with van der Waals surface area (Å²) >= 11 is 0. The maximum Gasteiger partial charge on any atom is 0.329 e. The van der Waals surface area contributed by atoms with Crippen LogP contribution >= 0.6 is 0 Å². The molecule has 6 heteroatoms. The second-order valence-corrected chi connectivity index (χ2v) is 7.37. The van der Waals surface area contributed by atoms with Gasteiger partial charge in [0.15, 0.2) is 11.7 Å². The maximum absolute atomic E-state index is 12.8. The summed E-state index contributed by atoms with van der Waals surface area (Å²) in [6, 6.07) is 9.71. The van der Waals surface area contributed by atoms with Crippen molar-refractivity contribution in [1.82, 2.24) is 9.97 Å². The summed E-state index contributed by atoms with van der Waals surface area (Å²) in [7, 11) is 0. The Hall–Kier alpha value is -2.68. The molecule has 0 spiro atoms. The number of hydrogen-bond acceptors (Lipinski definition) is 6. The van der Waals surface area contributed by atoms with E-state index in [9.17, 15) is 10.1 Å². The van der Waals surface area contributed by atoms with E-state index in [0.717, 1.165) is 57.1 Å². The summed E-state index contributed by atoms with van der Waals surface area (Å²) in [5.74, 6) is -0.882. The number of nitrogens with zero attached hydrogens (tertiary/aromatic N) is 4. The minimum atomic E-state index is -1.04. The molecular weight excluding hydrogens is 340 g/mol. The number of ether oxygens (including phenoxy) is 1. The van der Waals surface area contributed by atoms with Crippen LogP contribution in [-0.4, -0.2) is 35.1 Å². The third-order valence-corrected chi connectivity index (χ3v) is 5.46. The molecule has 0 N–H and O–H groups in total. The number of para-hydroxylation sites is 2. The molecular formula is C21H24N4O2. The highest BCUT2D eigenvalue weighted by Crippen LogP contribution is 2.31. The Morgan fingerprint density at radius 1 is 1.07 bits per heavy atom. The fourth-order valence-electron chi connectivity index (χ4n) is 4.00. The van der Waals surface area contributed by atoms with E-state index in [1.807, 2.05) is 24.3 Å². The Labute approximate surface area is 159 Å². The summed E-state index contributed by atoms with van der Waals surface area (Å²) in [4.78, 5) is 24.4. The average Bonchev–Trinajstić information content (AvgIpc) is 3.23. The van der Waals surface area contributed by atoms with Crippen LogP contribution in [0.2, 0.25) is 0 Å². The lowest BCUT2D eigenvalue weighted by atomic mass is 9.97. The Kier molecular flexibility index (Phi) is 5.19. The van der Waals surface area contributed by atoms with Crippen molar-refractivity contribution in [3.05, 3.63) is 30.0 Å². The van der Waals surface area contributed by atoms with Crippen LogP contribution in [0.25, 0.3) is 11.0 Å². The van der Waals surface area contributed by atoms with Crippen LogP contribution in [0, 0.1) is 11.3 Å². The molecule has 1 atom stereocenters. The van der Waals surface area contributed by atoms with Crippen LogP contribution in [0.5, 0.6) is 0 Å². The monoisotopic (exact) mass is 364 g/mol. The molecule has 1 saturated carbocycles. The van der Waals surface area contributed by atoms with Gasteiger partial charge in [-0.1, -0.05) is 18.6 Å². The molecule has 0 bridgehead atoms. The summed E-state index contributed by atoms with van der Waals surface area (Å²) in [5.41, 5.74) is 1.90. The summed E-state index contributed by atoms with van der Waals surface area (Å²) in [5, 5.41) is 9.78. The predicted molar refractivity (Wildman–Crippen MR) is 102 cm³/mol. The smallest absolute Gasteiger partial charge is 0.329 e. The molecule has 140 valence electrons. The highest BCUT2D eigenvalue weighted by atomic mass is 16.5. The average molecular weight is 364 g/mol. The van der Waals surface area contributed by atoms with Gasteiger partial charge in [-0.3, -0.25) is 4.79 Å². The van der Waals surface area contributed by atoms with Gasteiger partial charge < -0.3 is 9.64 Å². The van der Waals surface area contributed by atoms with Crippen molar-refractivity contribution in [2.75, 3.05) is 18.0 Å². The SMILES string of the molecule is N#C[C@@H](C(=O)OC1CCCCC1)c1nc2ccccc2nc1N1CCCC1. The maximum atomic E-state index is 12.8. The number of carbonyl (C=O) groups excluding carboxylic acids is 1. The van der Waals surface area contributed by atoms with Crippen molar-refractivity contribution in [3.63, 3.8) is 0 Å². The largest absolute Gasteiger partial charge is 0.461 e. The molecule has 2 fully saturated rings. The summed E-state index contributed by atoms with van der Waals surface area (Å²) in [6.45, 7) is 1.74. The van der Waals surface area contributed by atoms with Crippen molar-refractivity contribution < 1.29 is 9.53 Å². The highest BCUT2D eigenvalue weighted by molar-refractivity contribution is 5.85. The molecule has 2 heterocycles. The van der Waals surface area contributed by atoms with E-state index in [-0.39, 0.29) is 6.10 Å². The van der Waals surface area contributed by atoms with Gasteiger partial charge in [0, 0.05) is 13.1 Å². The minimum absolute atomic E-state index is 0.0780. The molecule has 6 nitrogen and oxygen atoms in total. The molecule has 1 aromatic carbocycles. The molecule has 1 aliphatic heterocycles. The first kappa shape index (κ1) is 17.7. The number of esters is 1. The lowest BCUT2D eigenvalue weighted by molar-refractivity contribution is -0.150. The number of hydrogen-bond donors (Lipinski definition) is 0. The Morgan fingerprint density at radius 3 is 2.41 bits per heavy atom. The van der Waals surface area contributed by atoms with Gasteiger partial charge in [0.1, 0.15) is 11.8 Å². The summed E-state index contributed by atoms with van der Waals surface area (Å²) < 4.78 is 5.68. The molecule has 1 aliphatic carbocycles. The van der Waals surface area contributed by atoms with Crippen LogP contribution in [0.1, 0.15) is 56.6 Å². The third kappa shape index (κ3) is 3.73. The van der Waals surface area contributed by atoms with Crippen LogP contribution in [-0.2, 0) is 9.53 Å². The van der Waals surface area contributed by atoms with Gasteiger partial charge in [0.25, 0.3) is 0 Å². The fraction of sp³-hybridized carbons (Fsp3) is 0.524. The van der Waals surface area contributed by atoms with E-state index < -0.39 is 11.9 Å². The Morgan fingerprint density at radius 2 is 1.74 bits per heavy atom. The van der Waals surface area contributed by atoms with Crippen molar-refractivity contribution in [2.24, 2.45) is 0 Å². The highest BCUT2D eigenvalue weighted by Gasteiger charge is 2.32. The van der Waals surface area contributed by atoms with E-state index in [4.69, 9.17) is 9.72 Å². The van der Waals surface area contributed by atoms with E-state index in [1.165, 1.54) is 6.42 Å². The number of anilines is 1. The molecule has 27 heavy (non-hydrogen) atoms. The number of fused-ring (bicyclic) bond motifs is 1. The minimum Gasteiger partial charge on any atom is -0.461 e. The van der Waals surface area contributed by atoms with E-state index in [0.29, 0.717) is 17.0 Å². The zero-order valence-electron chi connectivity index (χ0n) is 15.4. The zero-order valence-corrected chi connectivity index (χ0v) is 15.4. The first-order chi connectivity index (χ1) is 13.3. The van der Waals surface area contributed by atoms with Crippen molar-refractivity contribution in [2.45, 2.75) is 57.0 Å². The van der Waals surface area contributed by atoms with Crippen LogP contribution in [0.4, 0.5) is 5.82 Å². The van der Waals surface area contributed by atoms with E-state index >= 15 is 0 Å². The van der Waals surface area contributed by atoms with Crippen LogP contribution < -0.4 is 4.90 Å². The number of aromatic nitrogens is 2. The Bertz CT molecular complexity index is 864. The first-order valence-corrected chi connectivity index (χ1v) is 9.88. The number of carbonyl (C=O) groups is 1. The fourth-order valence-corrected chi connectivity index (χ4v) is 4.00. The third-order valence-electron chi connectivity index (χ3n) is 5.46. The van der Waals surface area contributed by atoms with Gasteiger partial charge >= 0.3 is 5.97 Å². The van der Waals surface area contributed by atoms with Crippen molar-refractivity contribution in [3.8, 4) is 6.07 Å². The molecule has 1 aromatic heterocycles. The molecule has 0 radical (unpaired) electrons. The number of nitriles is 1. The normalized spacial score (nSPS) is 19.0. The van der Waals surface area contributed by atoms with Crippen LogP contribution in [0.15, 0.2) is 24.3 Å². The van der Waals surface area contributed by atoms with Gasteiger partial charge in [-0.05, 0) is 50.7 Å². The zero-order chi connectivity index (χ0) is 18.6. The second kappa shape index (κ2) is 7.91. The van der Waals surface area contributed by atoms with Crippen molar-refractivity contribution in [1.29, 1.82) is 5.26 Å². The molecule has 4 rings (SSSR count). The van der Waals surface area contributed by atoms with Gasteiger partial charge in [0.2, 0.25) is 0 Å². The molecule has 0 amide bonds. The lowest BCUT2D eigenvalue weighted by Gasteiger charge is -2.24. The van der Waals surface area contributed by atoms with Crippen LogP contribution in [0.3, 0.4) is 0 Å². The first-order valence-electron chi connectivity index (χ1n) is 9.88. The molecule has 2 aliphatic rings. The van der Waals surface area contributed by atoms with Gasteiger partial charge in [0.05, 0.1) is 17.1 Å². The summed E-state index contributed by atoms with van der Waals surface area (Å²) in [6.07, 6.45) is 7.18. The molecule has 0 unspecified atom stereocenters. The van der Waals surface area contributed by atoms with E-state index in [2.05, 4.69) is 16.0 Å². The predicted octanol–water partition coefficient (Wildman–Crippen LogP) is 3.71. The number of benzene rings is 1. The topological polar surface area (TPSA) is 79.1 Å². The quantitative estimate of drug-likeness (QED) is 0.770. The second-order valence-electron chi connectivity index (χ2n) is 7.37. The number of rotatable bonds is 4. The lowest BCUT2D eigenvalue weighted by Crippen LogP contribution is -2.28. The van der Waals surface area contributed by atoms with E-state index in [1.54, 1.807) is 0 Å². The van der Waals surface area contributed by atoms with Crippen molar-refractivity contribution >= 4 is 22.8 Å².